The Morgan fingerprint density at radius 3 is 2.54 bits per heavy atom. The second-order valence-corrected chi connectivity index (χ2v) is 8.08. The summed E-state index contributed by atoms with van der Waals surface area (Å²) >= 11 is 0. The minimum Gasteiger partial charge on any atom is -0.276 e. The highest BCUT2D eigenvalue weighted by Gasteiger charge is 2.48. The lowest BCUT2D eigenvalue weighted by Crippen LogP contribution is -2.38. The van der Waals surface area contributed by atoms with Gasteiger partial charge in [-0.05, 0) is 43.9 Å². The molecule has 7 heteroatoms. The van der Waals surface area contributed by atoms with Crippen LogP contribution in [-0.4, -0.2) is 35.0 Å². The van der Waals surface area contributed by atoms with E-state index in [0.29, 0.717) is 6.42 Å². The third-order valence-corrected chi connectivity index (χ3v) is 6.29. The van der Waals surface area contributed by atoms with Crippen LogP contribution in [0.3, 0.4) is 0 Å². The van der Waals surface area contributed by atoms with E-state index in [1.54, 1.807) is 42.1 Å². The Kier molecular flexibility index (Phi) is 4.21. The zero-order chi connectivity index (χ0) is 17.5. The van der Waals surface area contributed by atoms with Gasteiger partial charge in [0, 0.05) is 25.7 Å². The van der Waals surface area contributed by atoms with Crippen LogP contribution in [0.15, 0.2) is 41.6 Å². The fraction of sp³-hybridized carbons (Fsp3) is 0.412. The molecule has 0 unspecified atom stereocenters. The van der Waals surface area contributed by atoms with Crippen LogP contribution >= 0.6 is 0 Å². The summed E-state index contributed by atoms with van der Waals surface area (Å²) in [5, 5.41) is 4.11. The monoisotopic (exact) mass is 347 g/mol. The summed E-state index contributed by atoms with van der Waals surface area (Å²) in [6.07, 6.45) is 4.29. The summed E-state index contributed by atoms with van der Waals surface area (Å²) in [5.41, 5.74) is 1.96. The number of rotatable bonds is 5. The van der Waals surface area contributed by atoms with Crippen molar-refractivity contribution in [1.29, 1.82) is 0 Å². The number of aryl methyl sites for hydroxylation is 2. The Morgan fingerprint density at radius 1 is 1.33 bits per heavy atom. The lowest BCUT2D eigenvalue weighted by Gasteiger charge is -2.21. The number of benzene rings is 1. The maximum atomic E-state index is 12.8. The SMILES string of the molecule is CCN(C(=O)[C@@H]1C[C@@H]1c1cnn(C)c1)S(=O)(=O)c1ccc(C)cc1. The second kappa shape index (κ2) is 6.05. The molecule has 0 aliphatic heterocycles. The van der Waals surface area contributed by atoms with Gasteiger partial charge in [0.2, 0.25) is 5.91 Å². The van der Waals surface area contributed by atoms with Crippen molar-refractivity contribution in [3.05, 3.63) is 47.8 Å². The molecule has 1 aliphatic rings. The smallest absolute Gasteiger partial charge is 0.266 e. The van der Waals surface area contributed by atoms with Crippen LogP contribution in [0.1, 0.15) is 30.4 Å². The summed E-state index contributed by atoms with van der Waals surface area (Å²) < 4.78 is 28.3. The third-order valence-electron chi connectivity index (χ3n) is 4.40. The normalized spacial score (nSPS) is 20.0. The molecule has 1 amide bonds. The number of sulfonamides is 1. The first kappa shape index (κ1) is 16.7. The molecule has 0 spiro atoms. The number of amides is 1. The number of aromatic nitrogens is 2. The van der Waals surface area contributed by atoms with Gasteiger partial charge in [-0.1, -0.05) is 17.7 Å². The maximum absolute atomic E-state index is 12.8. The van der Waals surface area contributed by atoms with Crippen LogP contribution in [0.2, 0.25) is 0 Å². The molecule has 1 fully saturated rings. The Hall–Kier alpha value is -2.15. The van der Waals surface area contributed by atoms with Crippen molar-refractivity contribution >= 4 is 15.9 Å². The van der Waals surface area contributed by atoms with Gasteiger partial charge in [-0.25, -0.2) is 12.7 Å². The predicted octanol–water partition coefficient (Wildman–Crippen LogP) is 2.07. The van der Waals surface area contributed by atoms with Gasteiger partial charge in [-0.2, -0.15) is 5.10 Å². The van der Waals surface area contributed by atoms with E-state index >= 15 is 0 Å². The van der Waals surface area contributed by atoms with Crippen LogP contribution in [0, 0.1) is 12.8 Å². The number of nitrogens with zero attached hydrogens (tertiary/aromatic N) is 3. The summed E-state index contributed by atoms with van der Waals surface area (Å²) in [6, 6.07) is 6.57. The van der Waals surface area contributed by atoms with Crippen LogP contribution in [0.25, 0.3) is 0 Å². The zero-order valence-corrected chi connectivity index (χ0v) is 14.8. The van der Waals surface area contributed by atoms with E-state index in [4.69, 9.17) is 0 Å². The molecule has 1 heterocycles. The number of carbonyl (C=O) groups is 1. The highest BCUT2D eigenvalue weighted by Crippen LogP contribution is 2.48. The predicted molar refractivity (Wildman–Crippen MR) is 89.8 cm³/mol. The fourth-order valence-electron chi connectivity index (χ4n) is 2.93. The first-order valence-corrected chi connectivity index (χ1v) is 9.40. The van der Waals surface area contributed by atoms with Crippen LogP contribution < -0.4 is 0 Å². The van der Waals surface area contributed by atoms with E-state index in [-0.39, 0.29) is 29.2 Å². The molecule has 3 rings (SSSR count). The molecule has 1 aromatic carbocycles. The van der Waals surface area contributed by atoms with E-state index in [9.17, 15) is 13.2 Å². The van der Waals surface area contributed by atoms with E-state index in [1.807, 2.05) is 20.2 Å². The van der Waals surface area contributed by atoms with Gasteiger partial charge in [0.1, 0.15) is 0 Å². The minimum atomic E-state index is -3.81. The molecule has 2 atom stereocenters. The van der Waals surface area contributed by atoms with E-state index in [0.717, 1.165) is 15.4 Å². The number of hydrogen-bond donors (Lipinski definition) is 0. The van der Waals surface area contributed by atoms with E-state index < -0.39 is 10.0 Å². The van der Waals surface area contributed by atoms with E-state index in [1.165, 1.54) is 0 Å². The van der Waals surface area contributed by atoms with Crippen molar-refractivity contribution in [3.63, 3.8) is 0 Å². The molecule has 24 heavy (non-hydrogen) atoms. The lowest BCUT2D eigenvalue weighted by molar-refractivity contribution is -0.127. The minimum absolute atomic E-state index is 0.0634. The largest absolute Gasteiger partial charge is 0.276 e. The van der Waals surface area contributed by atoms with Crippen molar-refractivity contribution in [3.8, 4) is 0 Å². The summed E-state index contributed by atoms with van der Waals surface area (Å²) in [7, 11) is -1.99. The molecule has 0 bridgehead atoms. The highest BCUT2D eigenvalue weighted by molar-refractivity contribution is 7.89. The molecule has 1 aromatic heterocycles. The maximum Gasteiger partial charge on any atom is 0.266 e. The highest BCUT2D eigenvalue weighted by atomic mass is 32.2. The summed E-state index contributed by atoms with van der Waals surface area (Å²) in [4.78, 5) is 12.9. The Morgan fingerprint density at radius 2 is 2.00 bits per heavy atom. The topological polar surface area (TPSA) is 72.3 Å². The van der Waals surface area contributed by atoms with Gasteiger partial charge in [0.15, 0.2) is 0 Å². The van der Waals surface area contributed by atoms with Gasteiger partial charge >= 0.3 is 0 Å². The van der Waals surface area contributed by atoms with Crippen LogP contribution in [-0.2, 0) is 21.9 Å². The fourth-order valence-corrected chi connectivity index (χ4v) is 4.38. The first-order chi connectivity index (χ1) is 11.3. The van der Waals surface area contributed by atoms with Gasteiger partial charge in [0.05, 0.1) is 11.1 Å². The number of carbonyl (C=O) groups excluding carboxylic acids is 1. The molecular formula is C17H21N3O3S. The molecule has 0 radical (unpaired) electrons. The standard InChI is InChI=1S/C17H21N3O3S/c1-4-20(24(22,23)14-7-5-12(2)6-8-14)17(21)16-9-15(16)13-10-18-19(3)11-13/h5-8,10-11,15-16H,4,9H2,1-3H3/t15-,16-/m1/s1. The van der Waals surface area contributed by atoms with Crippen LogP contribution in [0.5, 0.6) is 0 Å². The molecular weight excluding hydrogens is 326 g/mol. The second-order valence-electron chi connectivity index (χ2n) is 6.22. The van der Waals surface area contributed by atoms with Crippen molar-refractivity contribution in [1.82, 2.24) is 14.1 Å². The summed E-state index contributed by atoms with van der Waals surface area (Å²) in [6.45, 7) is 3.71. The van der Waals surface area contributed by atoms with Gasteiger partial charge in [0.25, 0.3) is 10.0 Å². The molecule has 1 saturated carbocycles. The molecule has 0 saturated heterocycles. The molecule has 6 nitrogen and oxygen atoms in total. The molecule has 128 valence electrons. The van der Waals surface area contributed by atoms with Crippen molar-refractivity contribution < 1.29 is 13.2 Å². The van der Waals surface area contributed by atoms with Crippen LogP contribution in [0.4, 0.5) is 0 Å². The summed E-state index contributed by atoms with van der Waals surface area (Å²) in [5.74, 6) is -0.547. The number of hydrogen-bond acceptors (Lipinski definition) is 4. The molecule has 1 aliphatic carbocycles. The van der Waals surface area contributed by atoms with Gasteiger partial charge < -0.3 is 0 Å². The van der Waals surface area contributed by atoms with Crippen molar-refractivity contribution in [2.45, 2.75) is 31.1 Å². The molecule has 2 aromatic rings. The van der Waals surface area contributed by atoms with Crippen molar-refractivity contribution in [2.24, 2.45) is 13.0 Å². The zero-order valence-electron chi connectivity index (χ0n) is 14.0. The van der Waals surface area contributed by atoms with Crippen molar-refractivity contribution in [2.75, 3.05) is 6.54 Å². The lowest BCUT2D eigenvalue weighted by atomic mass is 10.2. The third kappa shape index (κ3) is 2.96. The average Bonchev–Trinajstić information content (AvgIpc) is 3.22. The Bertz CT molecular complexity index is 855. The first-order valence-electron chi connectivity index (χ1n) is 7.96. The van der Waals surface area contributed by atoms with E-state index in [2.05, 4.69) is 5.10 Å². The Labute approximate surface area is 142 Å². The quantitative estimate of drug-likeness (QED) is 0.830. The molecule has 0 N–H and O–H groups in total. The Balaban J connectivity index is 1.81. The van der Waals surface area contributed by atoms with Gasteiger partial charge in [-0.3, -0.25) is 9.48 Å². The average molecular weight is 347 g/mol. The van der Waals surface area contributed by atoms with Gasteiger partial charge in [-0.15, -0.1) is 0 Å².